The second kappa shape index (κ2) is 10.6. The van der Waals surface area contributed by atoms with Crippen molar-refractivity contribution >= 4 is 34.3 Å². The Bertz CT molecular complexity index is 1160. The van der Waals surface area contributed by atoms with Crippen molar-refractivity contribution in [2.24, 2.45) is 9.98 Å². The van der Waals surface area contributed by atoms with Gasteiger partial charge in [-0.25, -0.2) is 9.79 Å². The number of aromatic hydroxyl groups is 1. The number of phenols is 1. The fourth-order valence-corrected chi connectivity index (χ4v) is 3.25. The first-order valence-electron chi connectivity index (χ1n) is 9.61. The molecule has 10 heteroatoms. The fraction of sp³-hybridized carbons (Fsp3) is 0.227. The molecule has 1 amide bonds. The third-order valence-corrected chi connectivity index (χ3v) is 4.86. The number of benzene rings is 2. The van der Waals surface area contributed by atoms with Crippen LogP contribution in [-0.4, -0.2) is 52.1 Å². The predicted octanol–water partition coefficient (Wildman–Crippen LogP) is 4.80. The van der Waals surface area contributed by atoms with Crippen molar-refractivity contribution in [2.75, 3.05) is 20.0 Å². The van der Waals surface area contributed by atoms with Crippen LogP contribution in [0, 0.1) is 6.92 Å². The smallest absolute Gasteiger partial charge is 0.434 e. The Morgan fingerprint density at radius 1 is 1.22 bits per heavy atom. The maximum Gasteiger partial charge on any atom is 0.434 e. The first-order valence-corrected chi connectivity index (χ1v) is 10.8. The normalized spacial score (nSPS) is 12.0. The van der Waals surface area contributed by atoms with Gasteiger partial charge in [-0.3, -0.25) is 0 Å². The molecule has 166 valence electrons. The largest absolute Gasteiger partial charge is 0.504 e. The highest BCUT2D eigenvalue weighted by atomic mass is 32.2. The molecule has 2 aromatic carbocycles. The number of aliphatic imine (C=N–C) groups is 2. The van der Waals surface area contributed by atoms with Crippen molar-refractivity contribution in [3.63, 3.8) is 0 Å². The van der Waals surface area contributed by atoms with E-state index >= 15 is 0 Å². The Balaban J connectivity index is 2.07. The van der Waals surface area contributed by atoms with Gasteiger partial charge in [-0.05, 0) is 55.6 Å². The van der Waals surface area contributed by atoms with Gasteiger partial charge in [-0.2, -0.15) is 9.98 Å². The van der Waals surface area contributed by atoms with Crippen LogP contribution in [0.2, 0.25) is 0 Å². The van der Waals surface area contributed by atoms with Crippen LogP contribution in [0.25, 0.3) is 11.4 Å². The molecule has 0 spiro atoms. The summed E-state index contributed by atoms with van der Waals surface area (Å²) >= 11 is 1.24. The molecule has 0 fully saturated rings. The van der Waals surface area contributed by atoms with Crippen LogP contribution in [0.15, 0.2) is 57.0 Å². The van der Waals surface area contributed by atoms with Gasteiger partial charge in [0.1, 0.15) is 10.8 Å². The van der Waals surface area contributed by atoms with E-state index in [9.17, 15) is 9.90 Å². The van der Waals surface area contributed by atoms with E-state index in [2.05, 4.69) is 19.9 Å². The number of methoxy groups -OCH3 is 1. The minimum absolute atomic E-state index is 0.00492. The maximum atomic E-state index is 11.8. The summed E-state index contributed by atoms with van der Waals surface area (Å²) < 4.78 is 15.2. The van der Waals surface area contributed by atoms with E-state index in [-0.39, 0.29) is 5.75 Å². The topological polar surface area (TPSA) is 119 Å². The molecule has 0 radical (unpaired) electrons. The summed E-state index contributed by atoms with van der Waals surface area (Å²) in [5.41, 5.74) is 2.42. The SMILES string of the molecule is CCOc1cc(C(=N/c2ccc(-c3noc(C)n3)cc2)/C(=N/C(=O)OC)SC)ccc1O. The molecular formula is C22H22N4O5S. The Morgan fingerprint density at radius 3 is 2.56 bits per heavy atom. The Morgan fingerprint density at radius 2 is 1.97 bits per heavy atom. The second-order valence-electron chi connectivity index (χ2n) is 6.35. The van der Waals surface area contributed by atoms with Crippen LogP contribution < -0.4 is 4.74 Å². The Labute approximate surface area is 189 Å². The molecule has 1 heterocycles. The van der Waals surface area contributed by atoms with E-state index in [1.807, 2.05) is 19.1 Å². The first kappa shape index (κ1) is 23.0. The van der Waals surface area contributed by atoms with E-state index in [0.29, 0.717) is 46.1 Å². The third-order valence-electron chi connectivity index (χ3n) is 4.19. The Hall–Kier alpha value is -3.66. The van der Waals surface area contributed by atoms with E-state index in [0.717, 1.165) is 5.56 Å². The van der Waals surface area contributed by atoms with E-state index < -0.39 is 6.09 Å². The summed E-state index contributed by atoms with van der Waals surface area (Å²) in [5, 5.41) is 14.3. The van der Waals surface area contributed by atoms with Crippen molar-refractivity contribution < 1.29 is 23.9 Å². The molecule has 0 saturated carbocycles. The zero-order valence-electron chi connectivity index (χ0n) is 18.0. The standard InChI is InChI=1S/C22H22N4O5S/c1-5-30-18-12-15(8-11-17(18)27)19(21(32-4)25-22(28)29-3)24-16-9-6-14(7-10-16)20-23-13(2)31-26-20/h6-12,27H,5H2,1-4H3/b24-19-,25-21-. The van der Waals surface area contributed by atoms with Crippen LogP contribution in [0.4, 0.5) is 10.5 Å². The summed E-state index contributed by atoms with van der Waals surface area (Å²) in [6.07, 6.45) is 1.04. The number of carbonyl (C=O) groups excluding carboxylic acids is 1. The summed E-state index contributed by atoms with van der Waals surface area (Å²) in [5.74, 6) is 1.27. The molecule has 0 aliphatic rings. The average Bonchev–Trinajstić information content (AvgIpc) is 3.24. The zero-order valence-corrected chi connectivity index (χ0v) is 18.8. The summed E-state index contributed by atoms with van der Waals surface area (Å²) in [4.78, 5) is 24.8. The predicted molar refractivity (Wildman–Crippen MR) is 123 cm³/mol. The minimum atomic E-state index is -0.742. The highest BCUT2D eigenvalue weighted by Gasteiger charge is 2.17. The van der Waals surface area contributed by atoms with Gasteiger partial charge >= 0.3 is 6.09 Å². The van der Waals surface area contributed by atoms with Crippen molar-refractivity contribution in [1.82, 2.24) is 10.1 Å². The number of amides is 1. The average molecular weight is 455 g/mol. The molecule has 1 aromatic heterocycles. The number of thioether (sulfide) groups is 1. The summed E-state index contributed by atoms with van der Waals surface area (Å²) in [7, 11) is 1.26. The minimum Gasteiger partial charge on any atom is -0.504 e. The van der Waals surface area contributed by atoms with Crippen LogP contribution >= 0.6 is 11.8 Å². The molecule has 0 bridgehead atoms. The van der Waals surface area contributed by atoms with Crippen molar-refractivity contribution in [1.29, 1.82) is 0 Å². The van der Waals surface area contributed by atoms with Gasteiger partial charge in [0.15, 0.2) is 11.5 Å². The highest BCUT2D eigenvalue weighted by molar-refractivity contribution is 8.15. The number of aryl methyl sites for hydroxylation is 1. The number of phenolic OH excluding ortho intramolecular Hbond substituents is 1. The van der Waals surface area contributed by atoms with Crippen molar-refractivity contribution in [2.45, 2.75) is 13.8 Å². The van der Waals surface area contributed by atoms with E-state index in [1.165, 1.54) is 24.9 Å². The second-order valence-corrected chi connectivity index (χ2v) is 7.15. The monoisotopic (exact) mass is 454 g/mol. The van der Waals surface area contributed by atoms with E-state index in [1.54, 1.807) is 37.4 Å². The van der Waals surface area contributed by atoms with E-state index in [4.69, 9.17) is 14.3 Å². The number of nitrogens with zero attached hydrogens (tertiary/aromatic N) is 4. The van der Waals surface area contributed by atoms with Gasteiger partial charge in [-0.1, -0.05) is 5.16 Å². The number of hydrogen-bond donors (Lipinski definition) is 1. The fourth-order valence-electron chi connectivity index (χ4n) is 2.72. The van der Waals surface area contributed by atoms with Gasteiger partial charge in [0.05, 0.1) is 19.4 Å². The highest BCUT2D eigenvalue weighted by Crippen LogP contribution is 2.29. The number of carbonyl (C=O) groups is 1. The van der Waals surface area contributed by atoms with Crippen LogP contribution in [0.3, 0.4) is 0 Å². The van der Waals surface area contributed by atoms with Gasteiger partial charge in [-0.15, -0.1) is 11.8 Å². The van der Waals surface area contributed by atoms with Crippen LogP contribution in [-0.2, 0) is 4.74 Å². The van der Waals surface area contributed by atoms with Crippen LogP contribution in [0.5, 0.6) is 11.5 Å². The lowest BCUT2D eigenvalue weighted by atomic mass is 10.1. The maximum absolute atomic E-state index is 11.8. The summed E-state index contributed by atoms with van der Waals surface area (Å²) in [6.45, 7) is 3.92. The lowest BCUT2D eigenvalue weighted by Crippen LogP contribution is -2.14. The number of rotatable bonds is 6. The molecule has 0 aliphatic carbocycles. The number of aromatic nitrogens is 2. The molecule has 0 unspecified atom stereocenters. The van der Waals surface area contributed by atoms with Gasteiger partial charge in [0.2, 0.25) is 11.7 Å². The summed E-state index contributed by atoms with van der Waals surface area (Å²) in [6, 6.07) is 12.1. The quantitative estimate of drug-likeness (QED) is 0.417. The number of hydrogen-bond acceptors (Lipinski definition) is 9. The molecule has 3 rings (SSSR count). The van der Waals surface area contributed by atoms with Crippen LogP contribution in [0.1, 0.15) is 18.4 Å². The molecule has 0 aliphatic heterocycles. The van der Waals surface area contributed by atoms with Crippen molar-refractivity contribution in [3.8, 4) is 22.9 Å². The third kappa shape index (κ3) is 5.52. The van der Waals surface area contributed by atoms with Gasteiger partial charge in [0, 0.05) is 18.1 Å². The molecule has 0 saturated heterocycles. The van der Waals surface area contributed by atoms with Crippen molar-refractivity contribution in [3.05, 3.63) is 53.9 Å². The molecule has 0 atom stereocenters. The molecule has 1 N–H and O–H groups in total. The molecule has 3 aromatic rings. The van der Waals surface area contributed by atoms with Gasteiger partial charge < -0.3 is 19.1 Å². The van der Waals surface area contributed by atoms with Gasteiger partial charge in [0.25, 0.3) is 0 Å². The molecule has 9 nitrogen and oxygen atoms in total. The zero-order chi connectivity index (χ0) is 23.1. The first-order chi connectivity index (χ1) is 15.4. The Kier molecular flexibility index (Phi) is 7.61. The lowest BCUT2D eigenvalue weighted by Gasteiger charge is -2.12. The molecule has 32 heavy (non-hydrogen) atoms. The molecular weight excluding hydrogens is 432 g/mol. The lowest BCUT2D eigenvalue weighted by molar-refractivity contribution is 0.183. The number of ether oxygens (including phenoxy) is 2.